The Morgan fingerprint density at radius 1 is 1.31 bits per heavy atom. The minimum Gasteiger partial charge on any atom is -0.394 e. The number of hydrogen-bond donors (Lipinski definition) is 3. The van der Waals surface area contributed by atoms with Gasteiger partial charge in [-0.15, -0.1) is 0 Å². The Morgan fingerprint density at radius 2 is 2.00 bits per heavy atom. The Kier molecular flexibility index (Phi) is 4.98. The van der Waals surface area contributed by atoms with E-state index >= 15 is 0 Å². The average Bonchev–Trinajstić information content (AvgIpc) is 2.30. The molecule has 5 nitrogen and oxygen atoms in total. The van der Waals surface area contributed by atoms with E-state index in [9.17, 15) is 0 Å². The molecule has 0 aromatic carbocycles. The maximum absolute atomic E-state index is 9.13. The summed E-state index contributed by atoms with van der Waals surface area (Å²) in [4.78, 5) is 8.35. The lowest BCUT2D eigenvalue weighted by molar-refractivity contribution is 0.271. The van der Waals surface area contributed by atoms with E-state index in [-0.39, 0.29) is 12.6 Å². The van der Waals surface area contributed by atoms with Gasteiger partial charge in [-0.1, -0.05) is 6.92 Å². The third-order valence-corrected chi connectivity index (χ3v) is 2.48. The number of nitrogens with zero attached hydrogens (tertiary/aromatic N) is 2. The maximum atomic E-state index is 9.13. The predicted molar refractivity (Wildman–Crippen MR) is 65.7 cm³/mol. The zero-order valence-electron chi connectivity index (χ0n) is 10.1. The molecule has 1 atom stereocenters. The molecule has 3 N–H and O–H groups in total. The van der Waals surface area contributed by atoms with Crippen LogP contribution in [0.1, 0.15) is 25.8 Å². The first-order valence-electron chi connectivity index (χ1n) is 5.65. The van der Waals surface area contributed by atoms with E-state index in [1.807, 2.05) is 20.8 Å². The first-order valence-corrected chi connectivity index (χ1v) is 5.65. The summed E-state index contributed by atoms with van der Waals surface area (Å²) < 4.78 is 0. The highest BCUT2D eigenvalue weighted by Crippen LogP contribution is 2.18. The van der Waals surface area contributed by atoms with Crippen LogP contribution in [-0.2, 0) is 0 Å². The molecule has 0 fully saturated rings. The molecule has 16 heavy (non-hydrogen) atoms. The van der Waals surface area contributed by atoms with E-state index in [0.29, 0.717) is 0 Å². The van der Waals surface area contributed by atoms with Gasteiger partial charge in [0.25, 0.3) is 0 Å². The summed E-state index contributed by atoms with van der Waals surface area (Å²) in [6.45, 7) is 6.95. The molecule has 0 aliphatic rings. The summed E-state index contributed by atoms with van der Waals surface area (Å²) in [6, 6.07) is 0.0445. The van der Waals surface area contributed by atoms with Crippen molar-refractivity contribution in [3.8, 4) is 0 Å². The van der Waals surface area contributed by atoms with Crippen LogP contribution in [0, 0.1) is 6.92 Å². The monoisotopic (exact) mass is 224 g/mol. The van der Waals surface area contributed by atoms with E-state index in [2.05, 4.69) is 20.6 Å². The van der Waals surface area contributed by atoms with Crippen molar-refractivity contribution in [3.05, 3.63) is 11.9 Å². The van der Waals surface area contributed by atoms with E-state index in [4.69, 9.17) is 5.11 Å². The number of rotatable bonds is 6. The molecule has 1 heterocycles. The minimum atomic E-state index is 0.0445. The van der Waals surface area contributed by atoms with Gasteiger partial charge in [0.1, 0.15) is 18.0 Å². The van der Waals surface area contributed by atoms with Crippen LogP contribution in [0.3, 0.4) is 0 Å². The van der Waals surface area contributed by atoms with Crippen molar-refractivity contribution in [2.75, 3.05) is 23.8 Å². The van der Waals surface area contributed by atoms with Crippen molar-refractivity contribution < 1.29 is 5.11 Å². The lowest BCUT2D eigenvalue weighted by Crippen LogP contribution is -2.24. The van der Waals surface area contributed by atoms with Gasteiger partial charge in [-0.2, -0.15) is 0 Å². The van der Waals surface area contributed by atoms with Crippen molar-refractivity contribution in [3.63, 3.8) is 0 Å². The van der Waals surface area contributed by atoms with Crippen LogP contribution in [0.25, 0.3) is 0 Å². The Hall–Kier alpha value is -1.36. The first-order chi connectivity index (χ1) is 7.72. The van der Waals surface area contributed by atoms with Gasteiger partial charge in [0.05, 0.1) is 12.6 Å². The molecule has 0 aliphatic heterocycles. The molecule has 1 unspecified atom stereocenters. The van der Waals surface area contributed by atoms with Gasteiger partial charge >= 0.3 is 0 Å². The van der Waals surface area contributed by atoms with Gasteiger partial charge in [-0.3, -0.25) is 0 Å². The smallest absolute Gasteiger partial charge is 0.134 e. The molecule has 1 rings (SSSR count). The molecule has 0 saturated carbocycles. The van der Waals surface area contributed by atoms with Gasteiger partial charge in [0, 0.05) is 12.1 Å². The fourth-order valence-electron chi connectivity index (χ4n) is 1.41. The number of hydrogen-bond acceptors (Lipinski definition) is 5. The zero-order chi connectivity index (χ0) is 12.0. The van der Waals surface area contributed by atoms with Crippen molar-refractivity contribution in [2.24, 2.45) is 0 Å². The van der Waals surface area contributed by atoms with E-state index in [1.165, 1.54) is 6.33 Å². The highest BCUT2D eigenvalue weighted by Gasteiger charge is 2.10. The number of anilines is 2. The molecule has 5 heteroatoms. The Morgan fingerprint density at radius 3 is 2.56 bits per heavy atom. The van der Waals surface area contributed by atoms with Crippen LogP contribution >= 0.6 is 0 Å². The molecular formula is C11H20N4O. The van der Waals surface area contributed by atoms with Crippen molar-refractivity contribution in [2.45, 2.75) is 33.2 Å². The number of aromatic nitrogens is 2. The van der Waals surface area contributed by atoms with Gasteiger partial charge in [0.2, 0.25) is 0 Å². The van der Waals surface area contributed by atoms with Crippen LogP contribution in [0.15, 0.2) is 6.33 Å². The van der Waals surface area contributed by atoms with Crippen molar-refractivity contribution in [1.29, 1.82) is 0 Å². The molecule has 0 aliphatic carbocycles. The Balaban J connectivity index is 2.83. The molecule has 1 aromatic rings. The third kappa shape index (κ3) is 3.06. The maximum Gasteiger partial charge on any atom is 0.134 e. The second-order valence-electron chi connectivity index (χ2n) is 3.66. The average molecular weight is 224 g/mol. The third-order valence-electron chi connectivity index (χ3n) is 2.48. The molecule has 0 amide bonds. The Bertz CT molecular complexity index is 326. The van der Waals surface area contributed by atoms with E-state index < -0.39 is 0 Å². The second kappa shape index (κ2) is 6.27. The standard InChI is InChI=1S/C11H20N4O/c1-4-9(6-16)15-11-8(3)10(12-5-2)13-7-14-11/h7,9,16H,4-6H2,1-3H3,(H2,12,13,14,15). The van der Waals surface area contributed by atoms with Crippen molar-refractivity contribution >= 4 is 11.6 Å². The van der Waals surface area contributed by atoms with Gasteiger partial charge in [-0.05, 0) is 20.3 Å². The fourth-order valence-corrected chi connectivity index (χ4v) is 1.41. The first kappa shape index (κ1) is 12.7. The summed E-state index contributed by atoms with van der Waals surface area (Å²) in [5, 5.41) is 15.5. The molecule has 90 valence electrons. The number of aliphatic hydroxyl groups excluding tert-OH is 1. The second-order valence-corrected chi connectivity index (χ2v) is 3.66. The molecule has 0 saturated heterocycles. The van der Waals surface area contributed by atoms with Gasteiger partial charge < -0.3 is 15.7 Å². The zero-order valence-corrected chi connectivity index (χ0v) is 10.1. The number of nitrogens with one attached hydrogen (secondary N) is 2. The lowest BCUT2D eigenvalue weighted by atomic mass is 10.2. The molecule has 1 aromatic heterocycles. The van der Waals surface area contributed by atoms with Crippen molar-refractivity contribution in [1.82, 2.24) is 9.97 Å². The van der Waals surface area contributed by atoms with Gasteiger partial charge in [0.15, 0.2) is 0 Å². The molecule has 0 bridgehead atoms. The topological polar surface area (TPSA) is 70.1 Å². The minimum absolute atomic E-state index is 0.0445. The fraction of sp³-hybridized carbons (Fsp3) is 0.636. The SMILES string of the molecule is CCNc1ncnc(NC(CC)CO)c1C. The summed E-state index contributed by atoms with van der Waals surface area (Å²) in [5.41, 5.74) is 0.983. The van der Waals surface area contributed by atoms with E-state index in [1.54, 1.807) is 0 Å². The quantitative estimate of drug-likeness (QED) is 0.681. The predicted octanol–water partition coefficient (Wildman–Crippen LogP) is 1.40. The van der Waals surface area contributed by atoms with E-state index in [0.717, 1.165) is 30.2 Å². The highest BCUT2D eigenvalue weighted by atomic mass is 16.3. The van der Waals surface area contributed by atoms with Crippen LogP contribution in [0.5, 0.6) is 0 Å². The Labute approximate surface area is 96.3 Å². The summed E-state index contributed by atoms with van der Waals surface area (Å²) in [7, 11) is 0. The molecule has 0 spiro atoms. The lowest BCUT2D eigenvalue weighted by Gasteiger charge is -2.17. The number of aliphatic hydroxyl groups is 1. The van der Waals surface area contributed by atoms with Crippen LogP contribution < -0.4 is 10.6 Å². The van der Waals surface area contributed by atoms with Crippen LogP contribution in [-0.4, -0.2) is 34.3 Å². The normalized spacial score (nSPS) is 12.2. The van der Waals surface area contributed by atoms with Gasteiger partial charge in [-0.25, -0.2) is 9.97 Å². The summed E-state index contributed by atoms with van der Waals surface area (Å²) in [6.07, 6.45) is 2.38. The summed E-state index contributed by atoms with van der Waals surface area (Å²) >= 11 is 0. The van der Waals surface area contributed by atoms with Crippen LogP contribution in [0.2, 0.25) is 0 Å². The largest absolute Gasteiger partial charge is 0.394 e. The van der Waals surface area contributed by atoms with Crippen LogP contribution in [0.4, 0.5) is 11.6 Å². The highest BCUT2D eigenvalue weighted by molar-refractivity contribution is 5.56. The molecule has 0 radical (unpaired) electrons. The molecular weight excluding hydrogens is 204 g/mol. The summed E-state index contributed by atoms with van der Waals surface area (Å²) in [5.74, 6) is 1.62.